The first-order chi connectivity index (χ1) is 13.8. The van der Waals surface area contributed by atoms with Crippen LogP contribution in [0.15, 0.2) is 29.2 Å². The SMILES string of the molecule is CCN(CC)S(=O)(=O)c1ccc(N2CC(C(=O)N3CCOC(C)C3)CC2=O)cc1. The minimum Gasteiger partial charge on any atom is -0.375 e. The molecule has 9 heteroatoms. The summed E-state index contributed by atoms with van der Waals surface area (Å²) in [5, 5.41) is 0. The lowest BCUT2D eigenvalue weighted by atomic mass is 10.1. The quantitative estimate of drug-likeness (QED) is 0.689. The van der Waals surface area contributed by atoms with Crippen LogP contribution >= 0.6 is 0 Å². The van der Waals surface area contributed by atoms with Crippen molar-refractivity contribution in [1.29, 1.82) is 0 Å². The molecule has 2 unspecified atom stereocenters. The second-order valence-electron chi connectivity index (χ2n) is 7.45. The highest BCUT2D eigenvalue weighted by molar-refractivity contribution is 7.89. The second kappa shape index (κ2) is 8.81. The number of carbonyl (C=O) groups is 2. The molecule has 3 rings (SSSR count). The third-order valence-corrected chi connectivity index (χ3v) is 7.58. The topological polar surface area (TPSA) is 87.2 Å². The van der Waals surface area contributed by atoms with Crippen molar-refractivity contribution >= 4 is 27.5 Å². The Labute approximate surface area is 172 Å². The maximum Gasteiger partial charge on any atom is 0.243 e. The van der Waals surface area contributed by atoms with Crippen LogP contribution in [0.4, 0.5) is 5.69 Å². The van der Waals surface area contributed by atoms with Crippen LogP contribution in [0.5, 0.6) is 0 Å². The summed E-state index contributed by atoms with van der Waals surface area (Å²) in [6.45, 7) is 8.23. The van der Waals surface area contributed by atoms with E-state index in [2.05, 4.69) is 0 Å². The Balaban J connectivity index is 1.71. The zero-order chi connectivity index (χ0) is 21.2. The Morgan fingerprint density at radius 1 is 1.17 bits per heavy atom. The molecule has 0 saturated carbocycles. The van der Waals surface area contributed by atoms with E-state index in [9.17, 15) is 18.0 Å². The largest absolute Gasteiger partial charge is 0.375 e. The first-order valence-corrected chi connectivity index (χ1v) is 11.5. The molecule has 29 heavy (non-hydrogen) atoms. The van der Waals surface area contributed by atoms with Gasteiger partial charge in [-0.05, 0) is 31.2 Å². The van der Waals surface area contributed by atoms with Gasteiger partial charge >= 0.3 is 0 Å². The summed E-state index contributed by atoms with van der Waals surface area (Å²) in [5.74, 6) is -0.521. The zero-order valence-corrected chi connectivity index (χ0v) is 18.0. The zero-order valence-electron chi connectivity index (χ0n) is 17.2. The fraction of sp³-hybridized carbons (Fsp3) is 0.600. The van der Waals surface area contributed by atoms with E-state index >= 15 is 0 Å². The number of nitrogens with zero attached hydrogens (tertiary/aromatic N) is 3. The summed E-state index contributed by atoms with van der Waals surface area (Å²) in [7, 11) is -3.54. The normalized spacial score (nSPS) is 23.1. The van der Waals surface area contributed by atoms with Gasteiger partial charge in [0.05, 0.1) is 23.5 Å². The number of hydrogen-bond donors (Lipinski definition) is 0. The molecular weight excluding hydrogens is 394 g/mol. The van der Waals surface area contributed by atoms with E-state index in [0.717, 1.165) is 0 Å². The number of amides is 2. The average Bonchev–Trinajstić information content (AvgIpc) is 3.10. The van der Waals surface area contributed by atoms with Gasteiger partial charge < -0.3 is 14.5 Å². The molecule has 2 heterocycles. The van der Waals surface area contributed by atoms with Gasteiger partial charge in [-0.1, -0.05) is 13.8 Å². The molecular formula is C20H29N3O5S. The molecule has 0 N–H and O–H groups in total. The van der Waals surface area contributed by atoms with Crippen molar-refractivity contribution in [2.24, 2.45) is 5.92 Å². The van der Waals surface area contributed by atoms with Crippen molar-refractivity contribution < 1.29 is 22.7 Å². The van der Waals surface area contributed by atoms with Crippen molar-refractivity contribution in [3.05, 3.63) is 24.3 Å². The fourth-order valence-electron chi connectivity index (χ4n) is 3.91. The van der Waals surface area contributed by atoms with Crippen LogP contribution in [0.1, 0.15) is 27.2 Å². The lowest BCUT2D eigenvalue weighted by Crippen LogP contribution is -2.47. The highest BCUT2D eigenvalue weighted by atomic mass is 32.2. The number of ether oxygens (including phenoxy) is 1. The van der Waals surface area contributed by atoms with Crippen molar-refractivity contribution in [2.45, 2.75) is 38.2 Å². The van der Waals surface area contributed by atoms with Crippen molar-refractivity contribution in [1.82, 2.24) is 9.21 Å². The number of anilines is 1. The molecule has 0 spiro atoms. The van der Waals surface area contributed by atoms with Gasteiger partial charge in [0, 0.05) is 44.8 Å². The van der Waals surface area contributed by atoms with Crippen molar-refractivity contribution in [3.8, 4) is 0 Å². The van der Waals surface area contributed by atoms with Gasteiger partial charge in [-0.15, -0.1) is 0 Å². The molecule has 2 amide bonds. The minimum absolute atomic E-state index is 0.00112. The van der Waals surface area contributed by atoms with E-state index in [1.807, 2.05) is 6.92 Å². The molecule has 8 nitrogen and oxygen atoms in total. The molecule has 0 radical (unpaired) electrons. The third kappa shape index (κ3) is 4.46. The molecule has 160 valence electrons. The van der Waals surface area contributed by atoms with Gasteiger partial charge in [-0.2, -0.15) is 4.31 Å². The first kappa shape index (κ1) is 21.7. The summed E-state index contributed by atoms with van der Waals surface area (Å²) in [6, 6.07) is 6.32. The van der Waals surface area contributed by atoms with Crippen LogP contribution in [-0.2, 0) is 24.3 Å². The highest BCUT2D eigenvalue weighted by Crippen LogP contribution is 2.28. The Kier molecular flexibility index (Phi) is 6.60. The molecule has 2 aliphatic heterocycles. The molecule has 2 atom stereocenters. The Bertz CT molecular complexity index is 851. The predicted molar refractivity (Wildman–Crippen MR) is 109 cm³/mol. The molecule has 0 bridgehead atoms. The number of benzene rings is 1. The Hall–Kier alpha value is -1.97. The second-order valence-corrected chi connectivity index (χ2v) is 9.39. The van der Waals surface area contributed by atoms with Gasteiger partial charge in [-0.3, -0.25) is 9.59 Å². The Morgan fingerprint density at radius 3 is 2.41 bits per heavy atom. The van der Waals surface area contributed by atoms with E-state index in [-0.39, 0.29) is 35.2 Å². The lowest BCUT2D eigenvalue weighted by molar-refractivity contribution is -0.142. The van der Waals surface area contributed by atoms with Gasteiger partial charge in [0.1, 0.15) is 0 Å². The van der Waals surface area contributed by atoms with Crippen LogP contribution in [0.2, 0.25) is 0 Å². The number of rotatable bonds is 6. The van der Waals surface area contributed by atoms with Crippen molar-refractivity contribution in [3.63, 3.8) is 0 Å². The maximum absolute atomic E-state index is 12.8. The summed E-state index contributed by atoms with van der Waals surface area (Å²) >= 11 is 0. The third-order valence-electron chi connectivity index (χ3n) is 5.52. The molecule has 2 saturated heterocycles. The predicted octanol–water partition coefficient (Wildman–Crippen LogP) is 1.32. The summed E-state index contributed by atoms with van der Waals surface area (Å²) in [5.41, 5.74) is 0.610. The minimum atomic E-state index is -3.54. The van der Waals surface area contributed by atoms with E-state index < -0.39 is 10.0 Å². The van der Waals surface area contributed by atoms with Gasteiger partial charge in [0.2, 0.25) is 21.8 Å². The Morgan fingerprint density at radius 2 is 1.83 bits per heavy atom. The summed E-state index contributed by atoms with van der Waals surface area (Å²) < 4.78 is 32.1. The van der Waals surface area contributed by atoms with E-state index in [1.54, 1.807) is 35.8 Å². The number of carbonyl (C=O) groups excluding carboxylic acids is 2. The van der Waals surface area contributed by atoms with Crippen LogP contribution in [0.3, 0.4) is 0 Å². The fourth-order valence-corrected chi connectivity index (χ4v) is 5.37. The van der Waals surface area contributed by atoms with E-state index in [0.29, 0.717) is 45.0 Å². The molecule has 2 fully saturated rings. The van der Waals surface area contributed by atoms with Gasteiger partial charge in [0.25, 0.3) is 0 Å². The van der Waals surface area contributed by atoms with Crippen molar-refractivity contribution in [2.75, 3.05) is 44.2 Å². The summed E-state index contributed by atoms with van der Waals surface area (Å²) in [4.78, 5) is 28.9. The number of morpholine rings is 1. The first-order valence-electron chi connectivity index (χ1n) is 10.1. The monoisotopic (exact) mass is 423 g/mol. The van der Waals surface area contributed by atoms with Crippen LogP contribution in [0.25, 0.3) is 0 Å². The van der Waals surface area contributed by atoms with Gasteiger partial charge in [-0.25, -0.2) is 8.42 Å². The summed E-state index contributed by atoms with van der Waals surface area (Å²) in [6.07, 6.45) is 0.172. The van der Waals surface area contributed by atoms with Crippen LogP contribution < -0.4 is 4.90 Å². The van der Waals surface area contributed by atoms with Gasteiger partial charge in [0.15, 0.2) is 0 Å². The maximum atomic E-state index is 12.8. The number of sulfonamides is 1. The highest BCUT2D eigenvalue weighted by Gasteiger charge is 2.38. The molecule has 1 aromatic carbocycles. The lowest BCUT2D eigenvalue weighted by Gasteiger charge is -2.32. The molecule has 0 aromatic heterocycles. The number of hydrogen-bond acceptors (Lipinski definition) is 5. The standard InChI is InChI=1S/C20H29N3O5S/c1-4-22(5-2)29(26,27)18-8-6-17(7-9-18)23-14-16(12-19(23)24)20(25)21-10-11-28-15(3)13-21/h6-9,15-16H,4-5,10-14H2,1-3H3. The van der Waals surface area contributed by atoms with E-state index in [4.69, 9.17) is 4.74 Å². The molecule has 0 aliphatic carbocycles. The van der Waals surface area contributed by atoms with Crippen LogP contribution in [-0.4, -0.2) is 74.9 Å². The van der Waals surface area contributed by atoms with E-state index in [1.165, 1.54) is 16.4 Å². The van der Waals surface area contributed by atoms with Crippen LogP contribution in [0, 0.1) is 5.92 Å². The average molecular weight is 424 g/mol. The molecule has 1 aromatic rings. The molecule has 2 aliphatic rings. The smallest absolute Gasteiger partial charge is 0.243 e.